The fourth-order valence-electron chi connectivity index (χ4n) is 1.52. The molecule has 1 atom stereocenters. The van der Waals surface area contributed by atoms with E-state index in [9.17, 15) is 9.59 Å². The van der Waals surface area contributed by atoms with Crippen molar-refractivity contribution in [1.29, 1.82) is 0 Å². The predicted molar refractivity (Wildman–Crippen MR) is 71.8 cm³/mol. The second-order valence-corrected chi connectivity index (χ2v) is 4.74. The Morgan fingerprint density at radius 3 is 2.44 bits per heavy atom. The van der Waals surface area contributed by atoms with Gasteiger partial charge in [-0.15, -0.1) is 0 Å². The molecule has 0 heterocycles. The average Bonchev–Trinajstić information content (AvgIpc) is 2.38. The van der Waals surface area contributed by atoms with Crippen molar-refractivity contribution in [2.45, 2.75) is 19.9 Å². The molecule has 18 heavy (non-hydrogen) atoms. The molecule has 4 nitrogen and oxygen atoms in total. The molecular formula is C13H16BrNO3. The van der Waals surface area contributed by atoms with Crippen LogP contribution >= 0.6 is 15.9 Å². The zero-order valence-electron chi connectivity index (χ0n) is 10.4. The van der Waals surface area contributed by atoms with E-state index in [0.29, 0.717) is 13.0 Å². The maximum absolute atomic E-state index is 11.8. The van der Waals surface area contributed by atoms with Gasteiger partial charge >= 0.3 is 5.97 Å². The molecule has 1 aromatic rings. The van der Waals surface area contributed by atoms with Gasteiger partial charge < -0.3 is 10.1 Å². The zero-order chi connectivity index (χ0) is 13.5. The molecule has 1 unspecified atom stereocenters. The van der Waals surface area contributed by atoms with Gasteiger partial charge in [0.15, 0.2) is 0 Å². The third kappa shape index (κ3) is 4.14. The normalized spacial score (nSPS) is 11.7. The first-order valence-corrected chi connectivity index (χ1v) is 6.47. The summed E-state index contributed by atoms with van der Waals surface area (Å²) in [6.45, 7) is 2.18. The molecular weight excluding hydrogens is 298 g/mol. The summed E-state index contributed by atoms with van der Waals surface area (Å²) < 4.78 is 5.57. The summed E-state index contributed by atoms with van der Waals surface area (Å²) in [6, 6.07) is 7.62. The molecule has 0 aliphatic carbocycles. The maximum Gasteiger partial charge on any atom is 0.318 e. The number of ether oxygens (including phenoxy) is 1. The molecule has 98 valence electrons. The van der Waals surface area contributed by atoms with Gasteiger partial charge in [-0.05, 0) is 24.1 Å². The van der Waals surface area contributed by atoms with Gasteiger partial charge in [0.05, 0.1) is 7.11 Å². The van der Waals surface area contributed by atoms with Gasteiger partial charge in [0.25, 0.3) is 0 Å². The van der Waals surface area contributed by atoms with Crippen molar-refractivity contribution in [1.82, 2.24) is 5.32 Å². The molecule has 1 N–H and O–H groups in total. The summed E-state index contributed by atoms with van der Waals surface area (Å²) in [6.07, 6.45) is 0.429. The van der Waals surface area contributed by atoms with E-state index < -0.39 is 11.9 Å². The van der Waals surface area contributed by atoms with Crippen molar-refractivity contribution in [2.75, 3.05) is 7.11 Å². The summed E-state index contributed by atoms with van der Waals surface area (Å²) in [5.74, 6) is -1.52. The molecule has 0 aliphatic heterocycles. The second kappa shape index (κ2) is 7.16. The van der Waals surface area contributed by atoms with Crippen molar-refractivity contribution in [3.8, 4) is 0 Å². The lowest BCUT2D eigenvalue weighted by molar-refractivity contribution is -0.150. The van der Waals surface area contributed by atoms with Crippen LogP contribution in [0.5, 0.6) is 0 Å². The molecule has 1 aromatic carbocycles. The number of nitrogens with one attached hydrogen (secondary N) is 1. The maximum atomic E-state index is 11.8. The molecule has 0 saturated carbocycles. The number of benzene rings is 1. The zero-order valence-corrected chi connectivity index (χ0v) is 12.0. The molecule has 0 spiro atoms. The molecule has 1 amide bonds. The highest BCUT2D eigenvalue weighted by molar-refractivity contribution is 9.10. The summed E-state index contributed by atoms with van der Waals surface area (Å²) in [4.78, 5) is 23.1. The third-order valence-electron chi connectivity index (χ3n) is 2.59. The number of amides is 1. The van der Waals surface area contributed by atoms with E-state index in [-0.39, 0.29) is 5.91 Å². The highest BCUT2D eigenvalue weighted by Gasteiger charge is 2.24. The summed E-state index contributed by atoms with van der Waals surface area (Å²) in [5.41, 5.74) is 0.978. The highest BCUT2D eigenvalue weighted by atomic mass is 79.9. The SMILES string of the molecule is CCC(C(=O)NCc1ccc(Br)cc1)C(=O)OC. The van der Waals surface area contributed by atoms with E-state index in [0.717, 1.165) is 10.0 Å². The van der Waals surface area contributed by atoms with Crippen LogP contribution < -0.4 is 5.32 Å². The Morgan fingerprint density at radius 2 is 1.94 bits per heavy atom. The smallest absolute Gasteiger partial charge is 0.318 e. The summed E-state index contributed by atoms with van der Waals surface area (Å²) >= 11 is 3.34. The Balaban J connectivity index is 2.54. The lowest BCUT2D eigenvalue weighted by atomic mass is 10.1. The van der Waals surface area contributed by atoms with Crippen molar-refractivity contribution in [3.05, 3.63) is 34.3 Å². The molecule has 1 rings (SSSR count). The van der Waals surface area contributed by atoms with Crippen LogP contribution in [0.4, 0.5) is 0 Å². The van der Waals surface area contributed by atoms with E-state index in [2.05, 4.69) is 26.0 Å². The van der Waals surface area contributed by atoms with Gasteiger partial charge in [-0.1, -0.05) is 35.0 Å². The number of hydrogen-bond acceptors (Lipinski definition) is 3. The Hall–Kier alpha value is -1.36. The van der Waals surface area contributed by atoms with Gasteiger partial charge in [0.2, 0.25) is 5.91 Å². The third-order valence-corrected chi connectivity index (χ3v) is 3.12. The first-order valence-electron chi connectivity index (χ1n) is 5.68. The topological polar surface area (TPSA) is 55.4 Å². The van der Waals surface area contributed by atoms with Gasteiger partial charge in [0, 0.05) is 11.0 Å². The lowest BCUT2D eigenvalue weighted by Crippen LogP contribution is -2.35. The fourth-order valence-corrected chi connectivity index (χ4v) is 1.78. The largest absolute Gasteiger partial charge is 0.468 e. The standard InChI is InChI=1S/C13H16BrNO3/c1-3-11(13(17)18-2)12(16)15-8-9-4-6-10(14)7-5-9/h4-7,11H,3,8H2,1-2H3,(H,15,16). The summed E-state index contributed by atoms with van der Waals surface area (Å²) in [5, 5.41) is 2.73. The van der Waals surface area contributed by atoms with E-state index in [1.807, 2.05) is 24.3 Å². The van der Waals surface area contributed by atoms with Gasteiger partial charge in [-0.3, -0.25) is 9.59 Å². The van der Waals surface area contributed by atoms with Crippen molar-refractivity contribution in [2.24, 2.45) is 5.92 Å². The van der Waals surface area contributed by atoms with Crippen LogP contribution in [0.2, 0.25) is 0 Å². The number of carbonyl (C=O) groups is 2. The number of esters is 1. The Bertz CT molecular complexity index is 417. The van der Waals surface area contributed by atoms with Crippen LogP contribution in [-0.4, -0.2) is 19.0 Å². The highest BCUT2D eigenvalue weighted by Crippen LogP contribution is 2.11. The van der Waals surface area contributed by atoms with Gasteiger partial charge in [-0.2, -0.15) is 0 Å². The Morgan fingerprint density at radius 1 is 1.33 bits per heavy atom. The van der Waals surface area contributed by atoms with Crippen LogP contribution in [0.15, 0.2) is 28.7 Å². The quantitative estimate of drug-likeness (QED) is 0.670. The minimum Gasteiger partial charge on any atom is -0.468 e. The van der Waals surface area contributed by atoms with Crippen molar-refractivity contribution in [3.63, 3.8) is 0 Å². The van der Waals surface area contributed by atoms with Crippen LogP contribution in [0, 0.1) is 5.92 Å². The molecule has 0 aliphatic rings. The fraction of sp³-hybridized carbons (Fsp3) is 0.385. The summed E-state index contributed by atoms with van der Waals surface area (Å²) in [7, 11) is 1.28. The van der Waals surface area contributed by atoms with Gasteiger partial charge in [-0.25, -0.2) is 0 Å². The molecule has 0 aromatic heterocycles. The molecule has 0 bridgehead atoms. The van der Waals surface area contributed by atoms with Crippen LogP contribution in [0.25, 0.3) is 0 Å². The number of methoxy groups -OCH3 is 1. The molecule has 5 heteroatoms. The molecule has 0 fully saturated rings. The Kier molecular flexibility index (Phi) is 5.85. The van der Waals surface area contributed by atoms with Crippen molar-refractivity contribution >= 4 is 27.8 Å². The number of halogens is 1. The van der Waals surface area contributed by atoms with Crippen molar-refractivity contribution < 1.29 is 14.3 Å². The van der Waals surface area contributed by atoms with E-state index in [1.165, 1.54) is 7.11 Å². The molecule has 0 radical (unpaired) electrons. The first-order chi connectivity index (χ1) is 8.58. The average molecular weight is 314 g/mol. The molecule has 0 saturated heterocycles. The first kappa shape index (κ1) is 14.7. The monoisotopic (exact) mass is 313 g/mol. The van der Waals surface area contributed by atoms with Gasteiger partial charge in [0.1, 0.15) is 5.92 Å². The second-order valence-electron chi connectivity index (χ2n) is 3.83. The number of carbonyl (C=O) groups excluding carboxylic acids is 2. The minimum absolute atomic E-state index is 0.299. The van der Waals surface area contributed by atoms with E-state index in [1.54, 1.807) is 6.92 Å². The van der Waals surface area contributed by atoms with Crippen LogP contribution in [0.1, 0.15) is 18.9 Å². The van der Waals surface area contributed by atoms with Crippen LogP contribution in [-0.2, 0) is 20.9 Å². The number of hydrogen-bond donors (Lipinski definition) is 1. The minimum atomic E-state index is -0.731. The van der Waals surface area contributed by atoms with E-state index in [4.69, 9.17) is 0 Å². The predicted octanol–water partition coefficient (Wildman–Crippen LogP) is 2.26. The lowest BCUT2D eigenvalue weighted by Gasteiger charge is -2.12. The van der Waals surface area contributed by atoms with E-state index >= 15 is 0 Å². The Labute approximate surface area is 115 Å². The number of rotatable bonds is 5. The van der Waals surface area contributed by atoms with Crippen LogP contribution in [0.3, 0.4) is 0 Å².